The van der Waals surface area contributed by atoms with Crippen LogP contribution in [-0.2, 0) is 0 Å². The van der Waals surface area contributed by atoms with E-state index in [0.29, 0.717) is 32.7 Å². The summed E-state index contributed by atoms with van der Waals surface area (Å²) in [6.45, 7) is 8.08. The molecule has 35 heavy (non-hydrogen) atoms. The van der Waals surface area contributed by atoms with Gasteiger partial charge in [-0.2, -0.15) is 5.26 Å². The predicted octanol–water partition coefficient (Wildman–Crippen LogP) is 6.25. The first-order valence-electron chi connectivity index (χ1n) is 11.4. The van der Waals surface area contributed by atoms with E-state index in [1.54, 1.807) is 12.1 Å². The van der Waals surface area contributed by atoms with Gasteiger partial charge in [-0.15, -0.1) is 10.2 Å². The van der Waals surface area contributed by atoms with E-state index in [0.717, 1.165) is 35.9 Å². The maximum Gasteiger partial charge on any atom is 0.259 e. The molecule has 1 aliphatic carbocycles. The Morgan fingerprint density at radius 2 is 2.00 bits per heavy atom. The number of carbonyl (C=O) groups excluding carboxylic acids is 1. The summed E-state index contributed by atoms with van der Waals surface area (Å²) in [5.74, 6) is 0.909. The molecule has 1 fully saturated rings. The first-order valence-corrected chi connectivity index (χ1v) is 12.6. The lowest BCUT2D eigenvalue weighted by atomic mass is 9.93. The normalized spacial score (nSPS) is 14.2. The molecule has 3 heterocycles. The molecule has 0 radical (unpaired) electrons. The van der Waals surface area contributed by atoms with Crippen LogP contribution in [0.5, 0.6) is 5.75 Å². The molecule has 1 saturated carbocycles. The number of rotatable bonds is 7. The molecule has 10 heteroatoms. The van der Waals surface area contributed by atoms with Gasteiger partial charge in [-0.25, -0.2) is 4.98 Å². The fourth-order valence-corrected chi connectivity index (χ4v) is 4.33. The highest BCUT2D eigenvalue weighted by Gasteiger charge is 2.43. The number of hydrogen-bond acceptors (Lipinski definition) is 8. The van der Waals surface area contributed by atoms with Crippen molar-refractivity contribution in [3.63, 3.8) is 0 Å². The number of pyridine rings is 2. The van der Waals surface area contributed by atoms with Gasteiger partial charge in [-0.1, -0.05) is 43.2 Å². The second-order valence-corrected chi connectivity index (χ2v) is 10.3. The Hall–Kier alpha value is -3.09. The monoisotopic (exact) mass is 512 g/mol. The SMILES string of the molecule is CCC(C)CC1(C#N)CC1.COc1cnc(Cl)cc1-c1cc(C)ncc1C(=O)Nc1nnc(C)s1. The van der Waals surface area contributed by atoms with Crippen LogP contribution in [0.3, 0.4) is 0 Å². The number of nitrogens with one attached hydrogen (secondary N) is 1. The second-order valence-electron chi connectivity index (χ2n) is 8.77. The highest BCUT2D eigenvalue weighted by molar-refractivity contribution is 7.15. The van der Waals surface area contributed by atoms with Gasteiger partial charge in [0.05, 0.1) is 30.4 Å². The molecule has 1 aliphatic rings. The van der Waals surface area contributed by atoms with Crippen LogP contribution in [0, 0.1) is 36.5 Å². The Kier molecular flexibility index (Phi) is 8.76. The van der Waals surface area contributed by atoms with E-state index in [2.05, 4.69) is 45.4 Å². The van der Waals surface area contributed by atoms with Gasteiger partial charge in [0.1, 0.15) is 15.9 Å². The van der Waals surface area contributed by atoms with Gasteiger partial charge in [0.2, 0.25) is 5.13 Å². The largest absolute Gasteiger partial charge is 0.494 e. The van der Waals surface area contributed by atoms with Crippen molar-refractivity contribution in [2.24, 2.45) is 11.3 Å². The number of amides is 1. The summed E-state index contributed by atoms with van der Waals surface area (Å²) >= 11 is 7.32. The fraction of sp³-hybridized carbons (Fsp3) is 0.440. The molecule has 1 atom stereocenters. The molecule has 0 spiro atoms. The Morgan fingerprint density at radius 1 is 1.26 bits per heavy atom. The van der Waals surface area contributed by atoms with E-state index >= 15 is 0 Å². The zero-order chi connectivity index (χ0) is 25.6. The molecule has 1 unspecified atom stereocenters. The minimum atomic E-state index is -0.339. The number of carbonyl (C=O) groups is 1. The molecule has 0 saturated heterocycles. The molecule has 4 rings (SSSR count). The molecule has 0 bridgehead atoms. The molecule has 184 valence electrons. The standard InChI is InChI=1S/C16H14ClN5O2S.C9H15N/c1-8-4-10(11-5-14(17)19-7-13(11)24-3)12(6-18-8)15(23)20-16-22-21-9(2)25-16;1-3-8(2)6-9(7-10)4-5-9/h4-7H,1-3H3,(H,20,22,23);8H,3-6H2,1-2H3. The van der Waals surface area contributed by atoms with E-state index in [9.17, 15) is 4.79 Å². The van der Waals surface area contributed by atoms with Crippen molar-refractivity contribution >= 4 is 34.0 Å². The smallest absolute Gasteiger partial charge is 0.259 e. The number of aromatic nitrogens is 4. The number of nitriles is 1. The highest BCUT2D eigenvalue weighted by atomic mass is 35.5. The van der Waals surface area contributed by atoms with E-state index in [1.807, 2.05) is 13.8 Å². The molecular formula is C25H29ClN6O2S. The van der Waals surface area contributed by atoms with Crippen LogP contribution in [0.25, 0.3) is 11.1 Å². The van der Waals surface area contributed by atoms with Gasteiger partial charge in [-0.3, -0.25) is 15.1 Å². The predicted molar refractivity (Wildman–Crippen MR) is 138 cm³/mol. The maximum absolute atomic E-state index is 12.7. The fourth-order valence-electron chi connectivity index (χ4n) is 3.59. The Bertz CT molecular complexity index is 1230. The summed E-state index contributed by atoms with van der Waals surface area (Å²) in [7, 11) is 1.53. The number of aryl methyl sites for hydroxylation is 2. The number of halogens is 1. The van der Waals surface area contributed by atoms with E-state index in [1.165, 1.54) is 37.3 Å². The third-order valence-electron chi connectivity index (χ3n) is 5.90. The van der Waals surface area contributed by atoms with Crippen molar-refractivity contribution in [3.05, 3.63) is 45.9 Å². The lowest BCUT2D eigenvalue weighted by Crippen LogP contribution is -2.14. The van der Waals surface area contributed by atoms with Gasteiger partial charge in [0, 0.05) is 23.0 Å². The Morgan fingerprint density at radius 3 is 2.57 bits per heavy atom. The molecule has 8 nitrogen and oxygen atoms in total. The maximum atomic E-state index is 12.7. The summed E-state index contributed by atoms with van der Waals surface area (Å²) in [6.07, 6.45) is 7.66. The van der Waals surface area contributed by atoms with Crippen LogP contribution >= 0.6 is 22.9 Å². The lowest BCUT2D eigenvalue weighted by Gasteiger charge is -2.13. The molecule has 0 aromatic carbocycles. The molecular weight excluding hydrogens is 484 g/mol. The van der Waals surface area contributed by atoms with Gasteiger partial charge in [0.25, 0.3) is 5.91 Å². The van der Waals surface area contributed by atoms with Crippen molar-refractivity contribution in [2.45, 2.75) is 53.4 Å². The van der Waals surface area contributed by atoms with E-state index in [-0.39, 0.29) is 11.3 Å². The van der Waals surface area contributed by atoms with Gasteiger partial charge >= 0.3 is 0 Å². The third-order valence-corrected chi connectivity index (χ3v) is 6.86. The quantitative estimate of drug-likeness (QED) is 0.372. The molecule has 1 N–H and O–H groups in total. The first kappa shape index (κ1) is 26.5. The zero-order valence-corrected chi connectivity index (χ0v) is 22.1. The summed E-state index contributed by atoms with van der Waals surface area (Å²) in [4.78, 5) is 21.0. The number of methoxy groups -OCH3 is 1. The van der Waals surface area contributed by atoms with Crippen LogP contribution in [0.2, 0.25) is 5.15 Å². The topological polar surface area (TPSA) is 114 Å². The summed E-state index contributed by atoms with van der Waals surface area (Å²) < 4.78 is 5.36. The minimum Gasteiger partial charge on any atom is -0.494 e. The van der Waals surface area contributed by atoms with Gasteiger partial charge < -0.3 is 4.74 Å². The molecule has 3 aromatic rings. The molecule has 1 amide bonds. The Labute approximate surface area is 214 Å². The third kappa shape index (κ3) is 6.96. The average Bonchev–Trinajstić information content (AvgIpc) is 3.50. The summed E-state index contributed by atoms with van der Waals surface area (Å²) in [5, 5.41) is 20.8. The van der Waals surface area contributed by atoms with E-state index < -0.39 is 0 Å². The average molecular weight is 513 g/mol. The van der Waals surface area contributed by atoms with Crippen LogP contribution < -0.4 is 10.1 Å². The summed E-state index contributed by atoms with van der Waals surface area (Å²) in [6, 6.07) is 5.87. The van der Waals surface area contributed by atoms with Crippen molar-refractivity contribution < 1.29 is 9.53 Å². The van der Waals surface area contributed by atoms with Gasteiger partial charge in [-0.05, 0) is 51.2 Å². The lowest BCUT2D eigenvalue weighted by molar-refractivity contribution is 0.102. The molecule has 0 aliphatic heterocycles. The number of hydrogen-bond donors (Lipinski definition) is 1. The molecule has 3 aromatic heterocycles. The van der Waals surface area contributed by atoms with Crippen molar-refractivity contribution in [3.8, 4) is 22.9 Å². The van der Waals surface area contributed by atoms with Crippen LogP contribution in [0.4, 0.5) is 5.13 Å². The second kappa shape index (κ2) is 11.6. The van der Waals surface area contributed by atoms with Crippen LogP contribution in [-0.4, -0.2) is 33.2 Å². The van der Waals surface area contributed by atoms with Crippen molar-refractivity contribution in [2.75, 3.05) is 12.4 Å². The van der Waals surface area contributed by atoms with Crippen molar-refractivity contribution in [1.29, 1.82) is 5.26 Å². The number of anilines is 1. The Balaban J connectivity index is 0.000000287. The minimum absolute atomic E-state index is 0.120. The van der Waals surface area contributed by atoms with E-state index in [4.69, 9.17) is 21.6 Å². The van der Waals surface area contributed by atoms with Crippen molar-refractivity contribution in [1.82, 2.24) is 20.2 Å². The summed E-state index contributed by atoms with van der Waals surface area (Å²) in [5.41, 5.74) is 2.56. The number of ether oxygens (including phenoxy) is 1. The first-order chi connectivity index (χ1) is 16.7. The van der Waals surface area contributed by atoms with Crippen LogP contribution in [0.15, 0.2) is 24.5 Å². The number of nitrogens with zero attached hydrogens (tertiary/aromatic N) is 5. The van der Waals surface area contributed by atoms with Gasteiger partial charge in [0.15, 0.2) is 0 Å². The highest BCUT2D eigenvalue weighted by Crippen LogP contribution is 2.50. The zero-order valence-electron chi connectivity index (χ0n) is 20.6. The van der Waals surface area contributed by atoms with Crippen LogP contribution in [0.1, 0.15) is 60.6 Å².